The Kier molecular flexibility index (Phi) is 6.67. The van der Waals surface area contributed by atoms with Gasteiger partial charge in [0, 0.05) is 0 Å². The van der Waals surface area contributed by atoms with Crippen LogP contribution in [0.3, 0.4) is 0 Å². The summed E-state index contributed by atoms with van der Waals surface area (Å²) in [7, 11) is 0. The summed E-state index contributed by atoms with van der Waals surface area (Å²) in [5, 5.41) is 11.5. The molecular weight excluding hydrogens is 304 g/mol. The highest BCUT2D eigenvalue weighted by Gasteiger charge is 2.26. The molecule has 1 aromatic rings. The van der Waals surface area contributed by atoms with Gasteiger partial charge in [0.25, 0.3) is 11.7 Å². The molecule has 0 saturated heterocycles. The lowest BCUT2D eigenvalue weighted by Gasteiger charge is -2.19. The highest BCUT2D eigenvalue weighted by Crippen LogP contribution is 2.21. The highest BCUT2D eigenvalue weighted by molar-refractivity contribution is 7.98. The number of thioether (sulfide) groups is 1. The third-order valence-electron chi connectivity index (χ3n) is 3.00. The summed E-state index contributed by atoms with van der Waals surface area (Å²) in [5.74, 6) is -4.47. The largest absolute Gasteiger partial charge is 0.480 e. The maximum Gasteiger partial charge on any atom is 0.326 e. The first-order chi connectivity index (χ1) is 9.85. The quantitative estimate of drug-likeness (QED) is 0.769. The van der Waals surface area contributed by atoms with Crippen molar-refractivity contribution in [2.24, 2.45) is 5.92 Å². The van der Waals surface area contributed by atoms with Crippen molar-refractivity contribution < 1.29 is 27.9 Å². The fraction of sp³-hybridized carbons (Fsp3) is 0.538. The predicted octanol–water partition coefficient (Wildman–Crippen LogP) is 2.96. The van der Waals surface area contributed by atoms with Gasteiger partial charge in [-0.3, -0.25) is 4.79 Å². The Labute approximate surface area is 125 Å². The van der Waals surface area contributed by atoms with E-state index in [1.807, 2.05) is 6.92 Å². The van der Waals surface area contributed by atoms with Crippen molar-refractivity contribution >= 4 is 23.6 Å². The normalized spacial score (nSPS) is 14.0. The van der Waals surface area contributed by atoms with Crippen molar-refractivity contribution in [1.29, 1.82) is 0 Å². The molecule has 1 unspecified atom stereocenters. The van der Waals surface area contributed by atoms with Gasteiger partial charge in [0.1, 0.15) is 11.8 Å². The van der Waals surface area contributed by atoms with Gasteiger partial charge in [-0.15, -0.1) is 0 Å². The number of furan rings is 1. The summed E-state index contributed by atoms with van der Waals surface area (Å²) in [5.41, 5.74) is 0. The molecule has 0 aliphatic rings. The van der Waals surface area contributed by atoms with Crippen LogP contribution in [0.2, 0.25) is 0 Å². The summed E-state index contributed by atoms with van der Waals surface area (Å²) < 4.78 is 29.2. The minimum absolute atomic E-state index is 0.0569. The van der Waals surface area contributed by atoms with E-state index in [2.05, 4.69) is 5.32 Å². The number of rotatable bonds is 8. The van der Waals surface area contributed by atoms with Crippen LogP contribution < -0.4 is 5.32 Å². The number of amides is 1. The molecule has 1 rings (SSSR count). The van der Waals surface area contributed by atoms with Crippen LogP contribution in [0.15, 0.2) is 16.5 Å². The Bertz CT molecular complexity index is 492. The second-order valence-electron chi connectivity index (χ2n) is 4.51. The lowest BCUT2D eigenvalue weighted by molar-refractivity contribution is -0.140. The molecule has 5 nitrogen and oxygen atoms in total. The summed E-state index contributed by atoms with van der Waals surface area (Å²) >= 11 is 0.384. The third kappa shape index (κ3) is 5.37. The van der Waals surface area contributed by atoms with E-state index in [-0.39, 0.29) is 23.2 Å². The molecule has 0 fully saturated rings. The number of alkyl halides is 2. The third-order valence-corrected chi connectivity index (χ3v) is 3.71. The topological polar surface area (TPSA) is 79.5 Å². The van der Waals surface area contributed by atoms with E-state index in [0.29, 0.717) is 18.2 Å². The average molecular weight is 321 g/mol. The molecule has 118 valence electrons. The summed E-state index contributed by atoms with van der Waals surface area (Å²) in [6.07, 6.45) is 0.589. The smallest absolute Gasteiger partial charge is 0.326 e. The van der Waals surface area contributed by atoms with Crippen molar-refractivity contribution in [2.75, 3.05) is 0 Å². The molecule has 21 heavy (non-hydrogen) atoms. The standard InChI is InChI=1S/C13H17F2NO4S/c1-3-7(2)10(12(18)19)16-11(17)9-5-4-8(20-9)6-21-13(14)15/h4-5,7,10,13H,3,6H2,1-2H3,(H,16,17)(H,18,19)/t7?,10-/m0/s1. The molecule has 0 aliphatic carbocycles. The van der Waals surface area contributed by atoms with E-state index >= 15 is 0 Å². The molecule has 8 heteroatoms. The van der Waals surface area contributed by atoms with Gasteiger partial charge in [0.2, 0.25) is 0 Å². The Hall–Kier alpha value is -1.57. The van der Waals surface area contributed by atoms with Crippen LogP contribution >= 0.6 is 11.8 Å². The van der Waals surface area contributed by atoms with Crippen molar-refractivity contribution in [3.63, 3.8) is 0 Å². The Morgan fingerprint density at radius 2 is 2.10 bits per heavy atom. The molecule has 1 amide bonds. The van der Waals surface area contributed by atoms with Gasteiger partial charge in [-0.25, -0.2) is 4.79 Å². The SMILES string of the molecule is CCC(C)[C@H](NC(=O)c1ccc(CSC(F)F)o1)C(=O)O. The number of carbonyl (C=O) groups excluding carboxylic acids is 1. The van der Waals surface area contributed by atoms with Gasteiger partial charge >= 0.3 is 5.97 Å². The molecule has 2 N–H and O–H groups in total. The maximum atomic E-state index is 12.1. The zero-order valence-electron chi connectivity index (χ0n) is 11.6. The Morgan fingerprint density at radius 1 is 1.43 bits per heavy atom. The van der Waals surface area contributed by atoms with Crippen LogP contribution in [0.1, 0.15) is 36.6 Å². The molecule has 0 bridgehead atoms. The van der Waals surface area contributed by atoms with Gasteiger partial charge in [-0.2, -0.15) is 8.78 Å². The van der Waals surface area contributed by atoms with E-state index in [1.54, 1.807) is 6.92 Å². The highest BCUT2D eigenvalue weighted by atomic mass is 32.2. The number of nitrogens with one attached hydrogen (secondary N) is 1. The van der Waals surface area contributed by atoms with Gasteiger partial charge in [-0.05, 0) is 18.1 Å². The molecule has 1 heterocycles. The van der Waals surface area contributed by atoms with E-state index in [9.17, 15) is 18.4 Å². The first-order valence-corrected chi connectivity index (χ1v) is 7.42. The van der Waals surface area contributed by atoms with Crippen LogP contribution in [0.5, 0.6) is 0 Å². The van der Waals surface area contributed by atoms with Crippen molar-refractivity contribution in [3.05, 3.63) is 23.7 Å². The van der Waals surface area contributed by atoms with Crippen LogP contribution in [0, 0.1) is 5.92 Å². The van der Waals surface area contributed by atoms with Gasteiger partial charge in [0.05, 0.1) is 5.75 Å². The predicted molar refractivity (Wildman–Crippen MR) is 74.4 cm³/mol. The zero-order valence-corrected chi connectivity index (χ0v) is 12.5. The first-order valence-electron chi connectivity index (χ1n) is 6.37. The van der Waals surface area contributed by atoms with Crippen molar-refractivity contribution in [3.8, 4) is 0 Å². The van der Waals surface area contributed by atoms with Crippen molar-refractivity contribution in [1.82, 2.24) is 5.32 Å². The lowest BCUT2D eigenvalue weighted by Crippen LogP contribution is -2.44. The zero-order chi connectivity index (χ0) is 16.0. The van der Waals surface area contributed by atoms with E-state index in [1.165, 1.54) is 12.1 Å². The van der Waals surface area contributed by atoms with Crippen LogP contribution in [-0.2, 0) is 10.5 Å². The first kappa shape index (κ1) is 17.5. The molecule has 0 saturated carbocycles. The molecule has 2 atom stereocenters. The number of halogens is 2. The number of carboxylic acids is 1. The number of aliphatic carboxylic acids is 1. The Balaban J connectivity index is 2.68. The average Bonchev–Trinajstić information content (AvgIpc) is 2.90. The molecule has 1 aromatic heterocycles. The van der Waals surface area contributed by atoms with Crippen LogP contribution in [-0.4, -0.2) is 28.8 Å². The van der Waals surface area contributed by atoms with Gasteiger partial charge in [-0.1, -0.05) is 32.0 Å². The fourth-order valence-electron chi connectivity index (χ4n) is 1.62. The number of hydrogen-bond acceptors (Lipinski definition) is 4. The van der Waals surface area contributed by atoms with Crippen LogP contribution in [0.25, 0.3) is 0 Å². The minimum atomic E-state index is -2.52. The molecule has 0 radical (unpaired) electrons. The second-order valence-corrected chi connectivity index (χ2v) is 5.49. The van der Waals surface area contributed by atoms with Gasteiger partial charge < -0.3 is 14.8 Å². The molecule has 0 spiro atoms. The van der Waals surface area contributed by atoms with E-state index in [0.717, 1.165) is 0 Å². The van der Waals surface area contributed by atoms with Gasteiger partial charge in [0.15, 0.2) is 5.76 Å². The number of carboxylic acid groups (broad SMARTS) is 1. The summed E-state index contributed by atoms with van der Waals surface area (Å²) in [4.78, 5) is 23.0. The van der Waals surface area contributed by atoms with E-state index in [4.69, 9.17) is 9.52 Å². The molecule has 0 aromatic carbocycles. The minimum Gasteiger partial charge on any atom is -0.480 e. The Morgan fingerprint density at radius 3 is 2.62 bits per heavy atom. The number of carbonyl (C=O) groups is 2. The lowest BCUT2D eigenvalue weighted by atomic mass is 9.99. The monoisotopic (exact) mass is 321 g/mol. The summed E-state index contributed by atoms with van der Waals surface area (Å²) in [6.45, 7) is 3.53. The van der Waals surface area contributed by atoms with Crippen LogP contribution in [0.4, 0.5) is 8.78 Å². The molecular formula is C13H17F2NO4S. The van der Waals surface area contributed by atoms with Crippen molar-refractivity contribution in [2.45, 2.75) is 37.8 Å². The fourth-order valence-corrected chi connectivity index (χ4v) is 2.06. The summed E-state index contributed by atoms with van der Waals surface area (Å²) in [6, 6.07) is 1.74. The maximum absolute atomic E-state index is 12.1. The van der Waals surface area contributed by atoms with E-state index < -0.39 is 23.7 Å². The second kappa shape index (κ2) is 8.02. The molecule has 0 aliphatic heterocycles. The number of hydrogen-bond donors (Lipinski definition) is 2.